The summed E-state index contributed by atoms with van der Waals surface area (Å²) in [5.74, 6) is 0. The fraction of sp³-hybridized carbons (Fsp3) is 0.824. The van der Waals surface area contributed by atoms with Gasteiger partial charge in [-0.25, -0.2) is 0 Å². The van der Waals surface area contributed by atoms with Crippen molar-refractivity contribution in [1.82, 2.24) is 0 Å². The molecule has 0 amide bonds. The molecule has 0 radical (unpaired) electrons. The third kappa shape index (κ3) is 13.4. The zero-order valence-corrected chi connectivity index (χ0v) is 28.4. The molecule has 5 heteroatoms. The van der Waals surface area contributed by atoms with Gasteiger partial charge in [-0.1, -0.05) is 26.2 Å². The van der Waals surface area contributed by atoms with Gasteiger partial charge in [0.15, 0.2) is 0 Å². The van der Waals surface area contributed by atoms with Crippen LogP contribution in [0.2, 0.25) is 0 Å². The molecule has 39 heavy (non-hydrogen) atoms. The Morgan fingerprint density at radius 1 is 0.538 bits per heavy atom. The Labute approximate surface area is 244 Å². The Kier molecular flexibility index (Phi) is 19.2. The zero-order valence-electron chi connectivity index (χ0n) is 26.7. The van der Waals surface area contributed by atoms with E-state index in [9.17, 15) is 8.42 Å². The summed E-state index contributed by atoms with van der Waals surface area (Å²) in [7, 11) is -3.83. The molecule has 230 valence electrons. The quantitative estimate of drug-likeness (QED) is 0.0803. The van der Waals surface area contributed by atoms with Crippen LogP contribution in [-0.4, -0.2) is 33.1 Å². The van der Waals surface area contributed by atoms with Crippen LogP contribution in [0.1, 0.15) is 156 Å². The van der Waals surface area contributed by atoms with Crippen molar-refractivity contribution in [2.45, 2.75) is 162 Å². The Hall–Kier alpha value is -0.440. The molecule has 1 rings (SSSR count). The number of hydrogen-bond acceptors (Lipinski definition) is 3. The summed E-state index contributed by atoms with van der Waals surface area (Å²) < 4.78 is 35.3. The molecule has 0 N–H and O–H groups in total. The average molecular weight is 585 g/mol. The third-order valence-electron chi connectivity index (χ3n) is 8.66. The molecule has 0 unspecified atom stereocenters. The minimum atomic E-state index is -3.83. The van der Waals surface area contributed by atoms with Crippen LogP contribution in [0.5, 0.6) is 0 Å². The molecule has 1 aromatic rings. The standard InChI is InChI=1S/C34H65O3PS/c1-6-11-16-17-18-19-20-21-22-23-26-33-27-24-25-28-34(33)39(35,36)37-38(29-12-7-2,30-13-8-3,31-14-9-4)32-15-10-5/h24-25,27-28H,6-23,26,29-32H2,1-5H3. The van der Waals surface area contributed by atoms with Crippen LogP contribution in [0, 0.1) is 0 Å². The molecule has 0 aromatic heterocycles. The molecular weight excluding hydrogens is 519 g/mol. The van der Waals surface area contributed by atoms with Gasteiger partial charge in [-0.2, -0.15) is 0 Å². The van der Waals surface area contributed by atoms with E-state index in [-0.39, 0.29) is 0 Å². The van der Waals surface area contributed by atoms with Gasteiger partial charge in [0.2, 0.25) is 0 Å². The van der Waals surface area contributed by atoms with Crippen LogP contribution in [0.15, 0.2) is 29.2 Å². The van der Waals surface area contributed by atoms with Gasteiger partial charge in [0.25, 0.3) is 0 Å². The molecule has 0 bridgehead atoms. The van der Waals surface area contributed by atoms with Crippen molar-refractivity contribution in [3.05, 3.63) is 29.8 Å². The minimum absolute atomic E-state index is 0.441. The Balaban J connectivity index is 3.06. The number of hydrogen-bond donors (Lipinski definition) is 0. The van der Waals surface area contributed by atoms with Crippen LogP contribution in [-0.2, 0) is 20.5 Å². The van der Waals surface area contributed by atoms with Gasteiger partial charge in [-0.15, -0.1) is 0 Å². The SMILES string of the molecule is CCCCCCCCCCCCc1ccccc1S(=O)(=O)OP(CCCC)(CCCC)(CCCC)CCCC. The van der Waals surface area contributed by atoms with E-state index in [1.165, 1.54) is 57.8 Å². The molecule has 0 saturated carbocycles. The van der Waals surface area contributed by atoms with E-state index in [4.69, 9.17) is 3.97 Å². The molecular formula is C34H65O3PS. The van der Waals surface area contributed by atoms with Crippen molar-refractivity contribution in [3.63, 3.8) is 0 Å². The van der Waals surface area contributed by atoms with Gasteiger partial charge < -0.3 is 0 Å². The second kappa shape index (κ2) is 20.4. The number of rotatable bonds is 26. The molecule has 0 saturated heterocycles. The molecule has 0 spiro atoms. The number of unbranched alkanes of at least 4 members (excludes halogenated alkanes) is 13. The topological polar surface area (TPSA) is 43.4 Å². The Morgan fingerprint density at radius 3 is 1.36 bits per heavy atom. The summed E-state index contributed by atoms with van der Waals surface area (Å²) in [6, 6.07) is 7.71. The summed E-state index contributed by atoms with van der Waals surface area (Å²) >= 11 is 0. The number of benzene rings is 1. The van der Waals surface area contributed by atoms with Crippen LogP contribution < -0.4 is 0 Å². The molecule has 0 aliphatic rings. The average Bonchev–Trinajstić information content (AvgIpc) is 2.94. The molecule has 0 atom stereocenters. The van der Waals surface area contributed by atoms with Gasteiger partial charge in [0.1, 0.15) is 0 Å². The van der Waals surface area contributed by atoms with E-state index in [1.807, 2.05) is 24.3 Å². The fourth-order valence-corrected chi connectivity index (χ4v) is 16.4. The first kappa shape index (κ1) is 36.6. The predicted octanol–water partition coefficient (Wildman–Crippen LogP) is 11.5. The van der Waals surface area contributed by atoms with Crippen molar-refractivity contribution >= 4 is 16.9 Å². The summed E-state index contributed by atoms with van der Waals surface area (Å²) in [5.41, 5.74) is 0.950. The monoisotopic (exact) mass is 584 g/mol. The van der Waals surface area contributed by atoms with Crippen molar-refractivity contribution < 1.29 is 12.4 Å². The van der Waals surface area contributed by atoms with Crippen molar-refractivity contribution in [1.29, 1.82) is 0 Å². The van der Waals surface area contributed by atoms with Crippen molar-refractivity contribution in [3.8, 4) is 0 Å². The zero-order chi connectivity index (χ0) is 28.9. The summed E-state index contributed by atoms with van der Waals surface area (Å²) in [4.78, 5) is 0.441. The first-order valence-corrected chi connectivity index (χ1v) is 21.2. The van der Waals surface area contributed by atoms with E-state index >= 15 is 0 Å². The van der Waals surface area contributed by atoms with Crippen LogP contribution in [0.25, 0.3) is 0 Å². The summed E-state index contributed by atoms with van der Waals surface area (Å²) in [6.45, 7) is 8.23. The van der Waals surface area contributed by atoms with E-state index in [1.54, 1.807) is 0 Å². The van der Waals surface area contributed by atoms with Gasteiger partial charge >= 0.3 is 219 Å². The maximum atomic E-state index is 14.2. The van der Waals surface area contributed by atoms with Crippen molar-refractivity contribution in [2.24, 2.45) is 0 Å². The molecule has 0 aliphatic heterocycles. The van der Waals surface area contributed by atoms with E-state index in [0.717, 1.165) is 94.4 Å². The predicted molar refractivity (Wildman–Crippen MR) is 176 cm³/mol. The Bertz CT molecular complexity index is 808. The van der Waals surface area contributed by atoms with Gasteiger partial charge in [0, 0.05) is 0 Å². The normalized spacial score (nSPS) is 13.4. The molecule has 1 aromatic carbocycles. The second-order valence-electron chi connectivity index (χ2n) is 12.2. The fourth-order valence-electron chi connectivity index (χ4n) is 6.13. The first-order valence-electron chi connectivity index (χ1n) is 16.9. The first-order chi connectivity index (χ1) is 18.8. The van der Waals surface area contributed by atoms with E-state index in [2.05, 4.69) is 34.6 Å². The van der Waals surface area contributed by atoms with Crippen molar-refractivity contribution in [2.75, 3.05) is 24.6 Å². The van der Waals surface area contributed by atoms with Gasteiger partial charge in [-0.05, 0) is 0 Å². The summed E-state index contributed by atoms with van der Waals surface area (Å²) in [6.07, 6.45) is 26.1. The van der Waals surface area contributed by atoms with Crippen LogP contribution >= 0.6 is 6.83 Å². The second-order valence-corrected chi connectivity index (χ2v) is 19.7. The van der Waals surface area contributed by atoms with Crippen LogP contribution in [0.4, 0.5) is 0 Å². The maximum absolute atomic E-state index is 14.2. The molecule has 0 aliphatic carbocycles. The van der Waals surface area contributed by atoms with Gasteiger partial charge in [-0.3, -0.25) is 0 Å². The molecule has 0 heterocycles. The molecule has 3 nitrogen and oxygen atoms in total. The van der Waals surface area contributed by atoms with Crippen LogP contribution in [0.3, 0.4) is 0 Å². The number of aryl methyl sites for hydroxylation is 1. The summed E-state index contributed by atoms with van der Waals surface area (Å²) in [5, 5.41) is 0. The van der Waals surface area contributed by atoms with Gasteiger partial charge in [0.05, 0.1) is 0 Å². The molecule has 0 fully saturated rings. The van der Waals surface area contributed by atoms with E-state index < -0.39 is 16.9 Å². The Morgan fingerprint density at radius 2 is 0.923 bits per heavy atom. The third-order valence-corrected chi connectivity index (χ3v) is 17.9. The van der Waals surface area contributed by atoms with E-state index in [0.29, 0.717) is 4.90 Å².